The lowest BCUT2D eigenvalue weighted by Crippen LogP contribution is -2.48. The summed E-state index contributed by atoms with van der Waals surface area (Å²) in [5.74, 6) is -0.0784. The minimum absolute atomic E-state index is 0.0145. The molecule has 0 spiro atoms. The van der Waals surface area contributed by atoms with Gasteiger partial charge in [0.2, 0.25) is 0 Å². The number of benzene rings is 1. The molecule has 1 aliphatic rings. The van der Waals surface area contributed by atoms with Crippen molar-refractivity contribution < 1.29 is 13.9 Å². The van der Waals surface area contributed by atoms with Crippen LogP contribution in [0.2, 0.25) is 0 Å². The highest BCUT2D eigenvalue weighted by Crippen LogP contribution is 2.23. The van der Waals surface area contributed by atoms with Crippen LogP contribution in [0.3, 0.4) is 0 Å². The molecule has 0 saturated carbocycles. The molecular formula is C21H29FN4O2. The summed E-state index contributed by atoms with van der Waals surface area (Å²) in [5, 5.41) is 4.50. The zero-order chi connectivity index (χ0) is 20.5. The van der Waals surface area contributed by atoms with Crippen molar-refractivity contribution in [1.82, 2.24) is 19.6 Å². The van der Waals surface area contributed by atoms with Crippen LogP contribution in [0.4, 0.5) is 4.39 Å². The Hall–Kier alpha value is -2.41. The lowest BCUT2D eigenvalue weighted by Gasteiger charge is -2.34. The summed E-state index contributed by atoms with van der Waals surface area (Å²) in [7, 11) is 3.28. The van der Waals surface area contributed by atoms with Crippen molar-refractivity contribution in [2.45, 2.75) is 32.7 Å². The normalized spacial score (nSPS) is 15.7. The first-order valence-corrected chi connectivity index (χ1v) is 9.57. The second-order valence-corrected chi connectivity index (χ2v) is 8.33. The Bertz CT molecular complexity index is 849. The number of hydrogen-bond acceptors (Lipinski definition) is 4. The molecule has 2 heterocycles. The molecule has 1 saturated heterocycles. The maximum atomic E-state index is 13.9. The molecule has 0 N–H and O–H groups in total. The van der Waals surface area contributed by atoms with Gasteiger partial charge in [-0.3, -0.25) is 14.4 Å². The Kier molecular flexibility index (Phi) is 5.74. The van der Waals surface area contributed by atoms with E-state index in [2.05, 4.69) is 30.8 Å². The Balaban J connectivity index is 1.60. The molecule has 7 heteroatoms. The maximum Gasteiger partial charge on any atom is 0.272 e. The number of halogens is 1. The summed E-state index contributed by atoms with van der Waals surface area (Å²) in [6.07, 6.45) is 0. The van der Waals surface area contributed by atoms with Crippen LogP contribution in [0, 0.1) is 5.82 Å². The molecule has 3 rings (SSSR count). The van der Waals surface area contributed by atoms with Crippen LogP contribution in [0.25, 0.3) is 0 Å². The Morgan fingerprint density at radius 2 is 1.86 bits per heavy atom. The summed E-state index contributed by atoms with van der Waals surface area (Å²) in [6, 6.07) is 6.94. The fourth-order valence-electron chi connectivity index (χ4n) is 3.37. The number of amides is 1. The number of nitrogens with zero attached hydrogens (tertiary/aromatic N) is 4. The summed E-state index contributed by atoms with van der Waals surface area (Å²) in [5.41, 5.74) is 2.34. The fraction of sp³-hybridized carbons (Fsp3) is 0.524. The molecule has 2 aromatic rings. The average Bonchev–Trinajstić information content (AvgIpc) is 3.04. The van der Waals surface area contributed by atoms with Crippen molar-refractivity contribution >= 4 is 5.91 Å². The van der Waals surface area contributed by atoms with E-state index in [4.69, 9.17) is 4.74 Å². The molecule has 6 nitrogen and oxygen atoms in total. The van der Waals surface area contributed by atoms with E-state index in [0.717, 1.165) is 24.3 Å². The monoisotopic (exact) mass is 388 g/mol. The lowest BCUT2D eigenvalue weighted by molar-refractivity contribution is 0.0617. The number of hydrogen-bond donors (Lipinski definition) is 0. The number of carbonyl (C=O) groups excluding carboxylic acids is 1. The molecule has 0 aliphatic carbocycles. The van der Waals surface area contributed by atoms with E-state index in [0.29, 0.717) is 25.3 Å². The van der Waals surface area contributed by atoms with Crippen molar-refractivity contribution in [1.29, 1.82) is 0 Å². The van der Waals surface area contributed by atoms with Crippen LogP contribution >= 0.6 is 0 Å². The molecule has 1 fully saturated rings. The van der Waals surface area contributed by atoms with Gasteiger partial charge in [-0.05, 0) is 23.8 Å². The number of aryl methyl sites for hydroxylation is 1. The minimum atomic E-state index is -0.348. The number of carbonyl (C=O) groups is 1. The zero-order valence-corrected chi connectivity index (χ0v) is 17.3. The van der Waals surface area contributed by atoms with Gasteiger partial charge in [-0.2, -0.15) is 5.10 Å². The highest BCUT2D eigenvalue weighted by Gasteiger charge is 2.27. The van der Waals surface area contributed by atoms with Gasteiger partial charge in [0.15, 0.2) is 11.6 Å². The highest BCUT2D eigenvalue weighted by atomic mass is 19.1. The van der Waals surface area contributed by atoms with Gasteiger partial charge in [0.1, 0.15) is 5.69 Å². The largest absolute Gasteiger partial charge is 0.494 e. The number of piperazine rings is 1. The van der Waals surface area contributed by atoms with Gasteiger partial charge in [0, 0.05) is 45.2 Å². The molecule has 1 aromatic heterocycles. The van der Waals surface area contributed by atoms with Crippen molar-refractivity contribution in [2.24, 2.45) is 7.05 Å². The molecule has 0 atom stereocenters. The molecule has 1 aromatic carbocycles. The number of aromatic nitrogens is 2. The van der Waals surface area contributed by atoms with E-state index >= 15 is 0 Å². The van der Waals surface area contributed by atoms with Crippen molar-refractivity contribution in [3.05, 3.63) is 47.0 Å². The van der Waals surface area contributed by atoms with Gasteiger partial charge in [0.05, 0.1) is 12.8 Å². The topological polar surface area (TPSA) is 50.6 Å². The molecule has 0 bridgehead atoms. The Morgan fingerprint density at radius 1 is 1.18 bits per heavy atom. The molecule has 28 heavy (non-hydrogen) atoms. The van der Waals surface area contributed by atoms with E-state index in [1.54, 1.807) is 10.7 Å². The third-order valence-electron chi connectivity index (χ3n) is 5.15. The number of rotatable bonds is 4. The molecule has 0 radical (unpaired) electrons. The van der Waals surface area contributed by atoms with E-state index in [-0.39, 0.29) is 22.9 Å². The maximum absolute atomic E-state index is 13.9. The van der Waals surface area contributed by atoms with Crippen LogP contribution in [0.5, 0.6) is 5.75 Å². The first-order valence-electron chi connectivity index (χ1n) is 9.57. The van der Waals surface area contributed by atoms with Gasteiger partial charge in [-0.1, -0.05) is 26.8 Å². The third-order valence-corrected chi connectivity index (χ3v) is 5.15. The van der Waals surface area contributed by atoms with Gasteiger partial charge in [0.25, 0.3) is 5.91 Å². The first-order chi connectivity index (χ1) is 13.2. The standard InChI is InChI=1S/C21H29FN4O2/c1-21(2,3)19-13-17(24(4)23-19)20(27)26-10-8-25(9-11-26)14-15-6-7-18(28-5)16(22)12-15/h6-7,12-13H,8-11,14H2,1-5H3. The summed E-state index contributed by atoms with van der Waals surface area (Å²) < 4.78 is 20.5. The zero-order valence-electron chi connectivity index (χ0n) is 17.3. The number of ether oxygens (including phenoxy) is 1. The fourth-order valence-corrected chi connectivity index (χ4v) is 3.37. The molecule has 0 unspecified atom stereocenters. The van der Waals surface area contributed by atoms with E-state index in [9.17, 15) is 9.18 Å². The van der Waals surface area contributed by atoms with Crippen LogP contribution in [0.1, 0.15) is 42.5 Å². The predicted octanol–water partition coefficient (Wildman–Crippen LogP) is 2.82. The van der Waals surface area contributed by atoms with E-state index < -0.39 is 0 Å². The summed E-state index contributed by atoms with van der Waals surface area (Å²) in [6.45, 7) is 9.72. The van der Waals surface area contributed by atoms with Crippen molar-refractivity contribution in [3.8, 4) is 5.75 Å². The van der Waals surface area contributed by atoms with Crippen molar-refractivity contribution in [3.63, 3.8) is 0 Å². The highest BCUT2D eigenvalue weighted by molar-refractivity contribution is 5.92. The second-order valence-electron chi connectivity index (χ2n) is 8.33. The molecule has 1 amide bonds. The predicted molar refractivity (Wildman–Crippen MR) is 106 cm³/mol. The van der Waals surface area contributed by atoms with Crippen LogP contribution in [0.15, 0.2) is 24.3 Å². The van der Waals surface area contributed by atoms with Gasteiger partial charge >= 0.3 is 0 Å². The first kappa shape index (κ1) is 20.3. The molecule has 1 aliphatic heterocycles. The van der Waals surface area contributed by atoms with Gasteiger partial charge in [-0.15, -0.1) is 0 Å². The number of methoxy groups -OCH3 is 1. The smallest absolute Gasteiger partial charge is 0.272 e. The van der Waals surface area contributed by atoms with Crippen LogP contribution < -0.4 is 4.74 Å². The average molecular weight is 388 g/mol. The molecule has 152 valence electrons. The van der Waals surface area contributed by atoms with Crippen LogP contribution in [-0.4, -0.2) is 58.8 Å². The van der Waals surface area contributed by atoms with E-state index in [1.165, 1.54) is 13.2 Å². The Morgan fingerprint density at radius 3 is 2.39 bits per heavy atom. The SMILES string of the molecule is COc1ccc(CN2CCN(C(=O)c3cc(C(C)(C)C)nn3C)CC2)cc1F. The van der Waals surface area contributed by atoms with Gasteiger partial charge < -0.3 is 9.64 Å². The van der Waals surface area contributed by atoms with Crippen molar-refractivity contribution in [2.75, 3.05) is 33.3 Å². The van der Waals surface area contributed by atoms with Crippen LogP contribution in [-0.2, 0) is 19.0 Å². The molecular weight excluding hydrogens is 359 g/mol. The third kappa shape index (κ3) is 4.35. The summed E-state index contributed by atoms with van der Waals surface area (Å²) in [4.78, 5) is 17.0. The van der Waals surface area contributed by atoms with E-state index in [1.807, 2.05) is 24.1 Å². The summed E-state index contributed by atoms with van der Waals surface area (Å²) >= 11 is 0. The lowest BCUT2D eigenvalue weighted by atomic mass is 9.92. The van der Waals surface area contributed by atoms with Gasteiger partial charge in [-0.25, -0.2) is 4.39 Å². The minimum Gasteiger partial charge on any atom is -0.494 e. The second kappa shape index (κ2) is 7.91. The Labute approximate surface area is 165 Å². The quantitative estimate of drug-likeness (QED) is 0.808.